The van der Waals surface area contributed by atoms with E-state index in [1.165, 1.54) is 56.7 Å². The molecule has 0 aliphatic carbocycles. The number of carbonyl (C=O) groups is 5. The third-order valence-electron chi connectivity index (χ3n) is 10.5. The molecule has 10 heteroatoms. The summed E-state index contributed by atoms with van der Waals surface area (Å²) in [7, 11) is 0. The van der Waals surface area contributed by atoms with Crippen LogP contribution in [0.1, 0.15) is 247 Å². The lowest BCUT2D eigenvalue weighted by molar-refractivity contribution is 0.0447. The fraction of sp³-hybridized carbons (Fsp3) is 0.673. The third kappa shape index (κ3) is 26.3. The van der Waals surface area contributed by atoms with E-state index < -0.39 is 29.8 Å². The summed E-state index contributed by atoms with van der Waals surface area (Å²) in [5.41, 5.74) is 0.983. The Morgan fingerprint density at radius 3 is 0.871 bits per heavy atom. The summed E-state index contributed by atoms with van der Waals surface area (Å²) in [6.45, 7) is 12.5. The molecular weight excluding hydrogens is 785 g/mol. The normalized spacial score (nSPS) is 10.7. The summed E-state index contributed by atoms with van der Waals surface area (Å²) >= 11 is 0. The van der Waals surface area contributed by atoms with Gasteiger partial charge in [0.1, 0.15) is 0 Å². The first-order valence-electron chi connectivity index (χ1n) is 24.3. The Hall–Kier alpha value is -4.21. The maximum atomic E-state index is 12.9. The quantitative estimate of drug-likeness (QED) is 0.0375. The molecule has 0 fully saturated rings. The summed E-state index contributed by atoms with van der Waals surface area (Å²) in [6, 6.07) is 11.1. The smallest absolute Gasteiger partial charge is 0.339 e. The van der Waals surface area contributed by atoms with Gasteiger partial charge in [0, 0.05) is 0 Å². The predicted octanol–water partition coefficient (Wildman–Crippen LogP) is 14.0. The van der Waals surface area contributed by atoms with Crippen LogP contribution in [-0.4, -0.2) is 62.9 Å². The number of esters is 5. The highest BCUT2D eigenvalue weighted by molar-refractivity contribution is 6.05. The average molecular weight is 867 g/mol. The number of carbonyl (C=O) groups excluding carboxylic acids is 5. The van der Waals surface area contributed by atoms with Crippen molar-refractivity contribution in [1.29, 1.82) is 0 Å². The van der Waals surface area contributed by atoms with Gasteiger partial charge in [0.2, 0.25) is 0 Å². The first-order valence-corrected chi connectivity index (χ1v) is 24.3. The Labute approximate surface area is 374 Å². The highest BCUT2D eigenvalue weighted by atomic mass is 16.5. The maximum Gasteiger partial charge on any atom is 0.339 e. The second-order valence-corrected chi connectivity index (χ2v) is 16.1. The second-order valence-electron chi connectivity index (χ2n) is 16.1. The van der Waals surface area contributed by atoms with Gasteiger partial charge >= 0.3 is 29.8 Å². The first-order chi connectivity index (χ1) is 30.2. The van der Waals surface area contributed by atoms with Crippen LogP contribution in [0, 0.1) is 0 Å². The van der Waals surface area contributed by atoms with Gasteiger partial charge < -0.3 is 23.7 Å². The van der Waals surface area contributed by atoms with Gasteiger partial charge in [-0.2, -0.15) is 0 Å². The van der Waals surface area contributed by atoms with Gasteiger partial charge in [-0.25, -0.2) is 24.0 Å². The molecule has 0 atom stereocenters. The average Bonchev–Trinajstić information content (AvgIpc) is 3.29. The SMILES string of the molecule is CCCCCCCOC(=O)c1ccc(C(=O)OCCCCCCC)c(C(=O)OCCCCCCC)c1.CCCCCCCOC(=O)c1ccccc1C(=O)OCCCCCCC. The highest BCUT2D eigenvalue weighted by Crippen LogP contribution is 2.18. The van der Waals surface area contributed by atoms with Gasteiger partial charge in [0.25, 0.3) is 0 Å². The molecule has 0 bridgehead atoms. The number of hydrogen-bond acceptors (Lipinski definition) is 10. The molecule has 2 aromatic rings. The van der Waals surface area contributed by atoms with E-state index in [4.69, 9.17) is 23.7 Å². The Kier molecular flexibility index (Phi) is 34.6. The van der Waals surface area contributed by atoms with Crippen molar-refractivity contribution in [2.24, 2.45) is 0 Å². The summed E-state index contributed by atoms with van der Waals surface area (Å²) in [5.74, 6) is -2.59. The van der Waals surface area contributed by atoms with Crippen molar-refractivity contribution in [2.45, 2.75) is 195 Å². The van der Waals surface area contributed by atoms with E-state index in [2.05, 4.69) is 34.6 Å². The van der Waals surface area contributed by atoms with Crippen LogP contribution in [0.2, 0.25) is 0 Å². The molecule has 0 amide bonds. The minimum absolute atomic E-state index is 0.0527. The molecule has 0 N–H and O–H groups in total. The molecule has 62 heavy (non-hydrogen) atoms. The largest absolute Gasteiger partial charge is 0.462 e. The van der Waals surface area contributed by atoms with E-state index >= 15 is 0 Å². The monoisotopic (exact) mass is 867 g/mol. The van der Waals surface area contributed by atoms with Gasteiger partial charge in [0.05, 0.1) is 60.9 Å². The van der Waals surface area contributed by atoms with Crippen LogP contribution in [0.5, 0.6) is 0 Å². The van der Waals surface area contributed by atoms with Crippen LogP contribution in [0.3, 0.4) is 0 Å². The van der Waals surface area contributed by atoms with Gasteiger partial charge in [-0.15, -0.1) is 0 Å². The standard InChI is InChI=1S/C30H48O6.C22H34O4/c1-4-7-10-13-16-21-34-28(31)25-19-20-26(29(32)35-22-17-14-11-8-5-2)27(24-25)30(33)36-23-18-15-12-9-6-3;1-3-5-7-9-13-17-25-21(23)19-15-11-12-16-20(19)22(24)26-18-14-10-8-6-4-2/h19-20,24H,4-18,21-23H2,1-3H3;11-12,15-16H,3-10,13-14,17-18H2,1-2H3. The van der Waals surface area contributed by atoms with Crippen LogP contribution >= 0.6 is 0 Å². The fourth-order valence-corrected chi connectivity index (χ4v) is 6.60. The molecule has 0 saturated heterocycles. The third-order valence-corrected chi connectivity index (χ3v) is 10.5. The van der Waals surface area contributed by atoms with Gasteiger partial charge in [-0.1, -0.05) is 175 Å². The lowest BCUT2D eigenvalue weighted by Gasteiger charge is -2.12. The van der Waals surface area contributed by atoms with E-state index in [0.29, 0.717) is 26.4 Å². The van der Waals surface area contributed by atoms with Gasteiger partial charge in [-0.3, -0.25) is 0 Å². The molecule has 0 heterocycles. The van der Waals surface area contributed by atoms with Crippen LogP contribution in [-0.2, 0) is 23.7 Å². The molecule has 0 spiro atoms. The van der Waals surface area contributed by atoms with Crippen molar-refractivity contribution in [3.63, 3.8) is 0 Å². The molecule has 0 saturated carbocycles. The molecule has 2 rings (SSSR count). The van der Waals surface area contributed by atoms with Gasteiger partial charge in [0.15, 0.2) is 0 Å². The topological polar surface area (TPSA) is 132 Å². The van der Waals surface area contributed by atoms with Gasteiger partial charge in [-0.05, 0) is 62.4 Å². The number of benzene rings is 2. The van der Waals surface area contributed by atoms with Crippen LogP contribution in [0.15, 0.2) is 42.5 Å². The molecule has 350 valence electrons. The zero-order valence-corrected chi connectivity index (χ0v) is 39.3. The van der Waals surface area contributed by atoms with Crippen molar-refractivity contribution in [3.8, 4) is 0 Å². The first kappa shape index (κ1) is 55.8. The molecule has 2 aromatic carbocycles. The summed E-state index contributed by atoms with van der Waals surface area (Å²) < 4.78 is 26.9. The number of ether oxygens (including phenoxy) is 5. The predicted molar refractivity (Wildman–Crippen MR) is 248 cm³/mol. The Morgan fingerprint density at radius 1 is 0.306 bits per heavy atom. The van der Waals surface area contributed by atoms with E-state index in [1.807, 2.05) is 0 Å². The van der Waals surface area contributed by atoms with E-state index in [1.54, 1.807) is 24.3 Å². The van der Waals surface area contributed by atoms with E-state index in [9.17, 15) is 24.0 Å². The summed E-state index contributed by atoms with van der Waals surface area (Å²) in [5, 5.41) is 0. The molecule has 0 radical (unpaired) electrons. The van der Waals surface area contributed by atoms with Crippen LogP contribution in [0.25, 0.3) is 0 Å². The van der Waals surface area contributed by atoms with Crippen molar-refractivity contribution < 1.29 is 47.7 Å². The molecule has 0 aromatic heterocycles. The molecule has 0 aliphatic rings. The molecule has 10 nitrogen and oxygen atoms in total. The minimum atomic E-state index is -0.616. The summed E-state index contributed by atoms with van der Waals surface area (Å²) in [4.78, 5) is 62.7. The number of unbranched alkanes of at least 4 members (excludes halogenated alkanes) is 20. The zero-order valence-electron chi connectivity index (χ0n) is 39.3. The van der Waals surface area contributed by atoms with Crippen molar-refractivity contribution >= 4 is 29.8 Å². The Bertz CT molecular complexity index is 1460. The lowest BCUT2D eigenvalue weighted by Crippen LogP contribution is -2.17. The zero-order chi connectivity index (χ0) is 45.5. The van der Waals surface area contributed by atoms with Crippen molar-refractivity contribution in [2.75, 3.05) is 33.0 Å². The van der Waals surface area contributed by atoms with Crippen LogP contribution < -0.4 is 0 Å². The molecular formula is C52H82O10. The van der Waals surface area contributed by atoms with E-state index in [0.717, 1.165) is 122 Å². The lowest BCUT2D eigenvalue weighted by atomic mass is 10.0. The highest BCUT2D eigenvalue weighted by Gasteiger charge is 2.23. The van der Waals surface area contributed by atoms with Crippen LogP contribution in [0.4, 0.5) is 0 Å². The maximum absolute atomic E-state index is 12.9. The molecule has 0 unspecified atom stereocenters. The minimum Gasteiger partial charge on any atom is -0.462 e. The van der Waals surface area contributed by atoms with Crippen molar-refractivity contribution in [3.05, 3.63) is 70.3 Å². The fourth-order valence-electron chi connectivity index (χ4n) is 6.60. The summed E-state index contributed by atoms with van der Waals surface area (Å²) in [6.07, 6.45) is 26.6. The molecule has 0 aliphatic heterocycles. The van der Waals surface area contributed by atoms with E-state index in [-0.39, 0.29) is 34.4 Å². The Balaban J connectivity index is 0.000000653. The number of hydrogen-bond donors (Lipinski definition) is 0. The number of rotatable bonds is 35. The Morgan fingerprint density at radius 2 is 0.565 bits per heavy atom. The second kappa shape index (κ2) is 38.5. The van der Waals surface area contributed by atoms with Crippen molar-refractivity contribution in [1.82, 2.24) is 0 Å².